The Morgan fingerprint density at radius 3 is 1.61 bits per heavy atom. The van der Waals surface area contributed by atoms with Gasteiger partial charge in [-0.25, -0.2) is 14.4 Å². The molecule has 0 aromatic rings. The molecule has 134 valence electrons. The van der Waals surface area contributed by atoms with Gasteiger partial charge >= 0.3 is 17.9 Å². The summed E-state index contributed by atoms with van der Waals surface area (Å²) in [4.78, 5) is 31.8. The van der Waals surface area contributed by atoms with Crippen molar-refractivity contribution in [3.8, 4) is 0 Å². The highest BCUT2D eigenvalue weighted by Gasteiger charge is 2.30. The molecule has 0 amide bonds. The molecule has 8 heteroatoms. The number of carboxylic acid groups (broad SMARTS) is 2. The summed E-state index contributed by atoms with van der Waals surface area (Å²) in [7, 11) is 8.89. The standard InChI is InChI=1S/C10H17NO4.C5H11NO2/c1-7(2)10(14)15-8(3)11(4,5)6-9(12)13;1-6(2,3)4-5(7)8/h8H,1,6H2,2-5H3;4H2,1-3H3/p+2. The predicted octanol–water partition coefficient (Wildman–Crippen LogP) is 0.390. The Morgan fingerprint density at radius 1 is 1.00 bits per heavy atom. The first-order chi connectivity index (χ1) is 10.1. The molecule has 1 atom stereocenters. The van der Waals surface area contributed by atoms with E-state index in [1.165, 1.54) is 0 Å². The molecule has 0 aliphatic rings. The van der Waals surface area contributed by atoms with Crippen molar-refractivity contribution in [2.75, 3.05) is 48.3 Å². The second-order valence-electron chi connectivity index (χ2n) is 6.96. The van der Waals surface area contributed by atoms with Gasteiger partial charge in [0.25, 0.3) is 0 Å². The second-order valence-corrected chi connectivity index (χ2v) is 6.96. The number of esters is 1. The first kappa shape index (κ1) is 23.3. The van der Waals surface area contributed by atoms with Gasteiger partial charge in [0.15, 0.2) is 13.1 Å². The number of carbonyl (C=O) groups excluding carboxylic acids is 1. The van der Waals surface area contributed by atoms with Crippen molar-refractivity contribution in [2.24, 2.45) is 0 Å². The molecule has 0 aliphatic carbocycles. The van der Waals surface area contributed by atoms with E-state index in [2.05, 4.69) is 6.58 Å². The van der Waals surface area contributed by atoms with Gasteiger partial charge in [-0.15, -0.1) is 0 Å². The minimum atomic E-state index is -0.932. The smallest absolute Gasteiger partial charge is 0.359 e. The Bertz CT molecular complexity index is 451. The summed E-state index contributed by atoms with van der Waals surface area (Å²) in [6, 6.07) is 0. The Hall–Kier alpha value is -1.93. The lowest BCUT2D eigenvalue weighted by Crippen LogP contribution is -2.52. The quantitative estimate of drug-likeness (QED) is 0.302. The third-order valence-corrected chi connectivity index (χ3v) is 2.76. The van der Waals surface area contributed by atoms with Crippen molar-refractivity contribution in [3.63, 3.8) is 0 Å². The van der Waals surface area contributed by atoms with Gasteiger partial charge in [0.2, 0.25) is 6.23 Å². The lowest BCUT2D eigenvalue weighted by molar-refractivity contribution is -0.925. The van der Waals surface area contributed by atoms with Gasteiger partial charge in [0.1, 0.15) is 0 Å². The lowest BCUT2D eigenvalue weighted by atomic mass is 10.3. The average Bonchev–Trinajstić information content (AvgIpc) is 2.23. The number of carboxylic acids is 2. The SMILES string of the molecule is C=C(C)C(=O)OC(C)[N+](C)(C)CC(=O)O.C[N+](C)(C)CC(=O)O. The van der Waals surface area contributed by atoms with Crippen molar-refractivity contribution in [2.45, 2.75) is 20.1 Å². The van der Waals surface area contributed by atoms with E-state index in [1.807, 2.05) is 21.1 Å². The van der Waals surface area contributed by atoms with Crippen LogP contribution in [0.1, 0.15) is 13.8 Å². The maximum atomic E-state index is 11.2. The van der Waals surface area contributed by atoms with Gasteiger partial charge in [0.05, 0.1) is 35.2 Å². The highest BCUT2D eigenvalue weighted by atomic mass is 16.6. The van der Waals surface area contributed by atoms with Gasteiger partial charge in [-0.05, 0) is 6.92 Å². The van der Waals surface area contributed by atoms with Gasteiger partial charge < -0.3 is 19.4 Å². The summed E-state index contributed by atoms with van der Waals surface area (Å²) in [5.41, 5.74) is 0.303. The third kappa shape index (κ3) is 13.5. The van der Waals surface area contributed by atoms with E-state index in [4.69, 9.17) is 14.9 Å². The molecule has 0 heterocycles. The Kier molecular flexibility index (Phi) is 9.40. The molecule has 1 unspecified atom stereocenters. The lowest BCUT2D eigenvalue weighted by Gasteiger charge is -2.33. The summed E-state index contributed by atoms with van der Waals surface area (Å²) >= 11 is 0. The molecule has 23 heavy (non-hydrogen) atoms. The van der Waals surface area contributed by atoms with Crippen LogP contribution >= 0.6 is 0 Å². The first-order valence-corrected chi connectivity index (χ1v) is 7.01. The van der Waals surface area contributed by atoms with Crippen LogP contribution in [0.5, 0.6) is 0 Å². The zero-order valence-electron chi connectivity index (χ0n) is 15.1. The molecule has 0 saturated carbocycles. The fourth-order valence-corrected chi connectivity index (χ4v) is 1.28. The van der Waals surface area contributed by atoms with Gasteiger partial charge in [-0.2, -0.15) is 0 Å². The van der Waals surface area contributed by atoms with E-state index in [9.17, 15) is 14.4 Å². The number of hydrogen-bond donors (Lipinski definition) is 2. The van der Waals surface area contributed by atoms with E-state index < -0.39 is 24.1 Å². The molecule has 0 bridgehead atoms. The van der Waals surface area contributed by atoms with Crippen LogP contribution in [0.4, 0.5) is 0 Å². The first-order valence-electron chi connectivity index (χ1n) is 7.01. The molecule has 0 rings (SSSR count). The molecule has 0 fully saturated rings. The predicted molar refractivity (Wildman–Crippen MR) is 85.5 cm³/mol. The number of aliphatic carboxylic acids is 2. The van der Waals surface area contributed by atoms with Crippen LogP contribution < -0.4 is 0 Å². The maximum Gasteiger partial charge on any atom is 0.359 e. The van der Waals surface area contributed by atoms with E-state index in [1.54, 1.807) is 27.9 Å². The fourth-order valence-electron chi connectivity index (χ4n) is 1.28. The third-order valence-electron chi connectivity index (χ3n) is 2.76. The molecular weight excluding hydrogens is 304 g/mol. The molecule has 2 N–H and O–H groups in total. The molecular formula is C15H30N2O6+2. The van der Waals surface area contributed by atoms with Crippen LogP contribution in [0, 0.1) is 0 Å². The summed E-state index contributed by atoms with van der Waals surface area (Å²) in [5, 5.41) is 16.9. The van der Waals surface area contributed by atoms with Gasteiger partial charge in [0, 0.05) is 12.5 Å². The van der Waals surface area contributed by atoms with Crippen LogP contribution in [0.3, 0.4) is 0 Å². The Morgan fingerprint density at radius 2 is 1.39 bits per heavy atom. The summed E-state index contributed by atoms with van der Waals surface area (Å²) < 4.78 is 5.61. The topological polar surface area (TPSA) is 101 Å². The van der Waals surface area contributed by atoms with E-state index >= 15 is 0 Å². The highest BCUT2D eigenvalue weighted by Crippen LogP contribution is 2.09. The number of hydrogen-bond acceptors (Lipinski definition) is 4. The molecule has 8 nitrogen and oxygen atoms in total. The minimum Gasteiger partial charge on any atom is -0.477 e. The summed E-state index contributed by atoms with van der Waals surface area (Å²) in [6.07, 6.45) is -0.523. The maximum absolute atomic E-state index is 11.2. The fraction of sp³-hybridized carbons (Fsp3) is 0.667. The molecule has 0 radical (unpaired) electrons. The zero-order chi connectivity index (χ0) is 19.0. The number of nitrogens with zero attached hydrogens (tertiary/aromatic N) is 2. The van der Waals surface area contributed by atoms with Crippen LogP contribution in [-0.4, -0.2) is 91.6 Å². The normalized spacial score (nSPS) is 12.5. The number of quaternary nitrogens is 2. The van der Waals surface area contributed by atoms with Gasteiger partial charge in [-0.1, -0.05) is 6.58 Å². The molecule has 0 aliphatic heterocycles. The Labute approximate surface area is 137 Å². The molecule has 0 saturated heterocycles. The van der Waals surface area contributed by atoms with Crippen LogP contribution in [0.15, 0.2) is 12.2 Å². The van der Waals surface area contributed by atoms with Crippen molar-refractivity contribution < 1.29 is 38.3 Å². The van der Waals surface area contributed by atoms with Crippen LogP contribution in [0.2, 0.25) is 0 Å². The molecule has 0 aromatic carbocycles. The average molecular weight is 334 g/mol. The van der Waals surface area contributed by atoms with E-state index in [0.29, 0.717) is 10.1 Å². The number of likely N-dealkylation sites (N-methyl/N-ethyl adjacent to an activating group) is 2. The number of rotatable bonds is 7. The van der Waals surface area contributed by atoms with Crippen LogP contribution in [-0.2, 0) is 19.1 Å². The number of ether oxygens (including phenoxy) is 1. The van der Waals surface area contributed by atoms with Crippen molar-refractivity contribution in [3.05, 3.63) is 12.2 Å². The Balaban J connectivity index is 0. The van der Waals surface area contributed by atoms with Crippen LogP contribution in [0.25, 0.3) is 0 Å². The largest absolute Gasteiger partial charge is 0.477 e. The van der Waals surface area contributed by atoms with Gasteiger partial charge in [-0.3, -0.25) is 4.48 Å². The number of carbonyl (C=O) groups is 3. The monoisotopic (exact) mass is 334 g/mol. The van der Waals surface area contributed by atoms with Crippen molar-refractivity contribution in [1.29, 1.82) is 0 Å². The minimum absolute atomic E-state index is 0.0777. The van der Waals surface area contributed by atoms with Crippen molar-refractivity contribution in [1.82, 2.24) is 0 Å². The van der Waals surface area contributed by atoms with Crippen molar-refractivity contribution >= 4 is 17.9 Å². The highest BCUT2D eigenvalue weighted by molar-refractivity contribution is 5.87. The summed E-state index contributed by atoms with van der Waals surface area (Å²) in [6.45, 7) is 6.73. The summed E-state index contributed by atoms with van der Waals surface area (Å²) in [5.74, 6) is -2.19. The van der Waals surface area contributed by atoms with E-state index in [-0.39, 0.29) is 17.6 Å². The zero-order valence-corrected chi connectivity index (χ0v) is 15.1. The second kappa shape index (κ2) is 9.26. The van der Waals surface area contributed by atoms with E-state index in [0.717, 1.165) is 0 Å². The molecule has 0 spiro atoms. The molecule has 0 aromatic heterocycles.